The molecule has 1 aliphatic rings. The Hall–Kier alpha value is -4.72. The highest BCUT2D eigenvalue weighted by Crippen LogP contribution is 2.33. The molecule has 0 atom stereocenters. The van der Waals surface area contributed by atoms with Gasteiger partial charge in [-0.3, -0.25) is 9.78 Å². The summed E-state index contributed by atoms with van der Waals surface area (Å²) >= 11 is 0. The molecule has 1 aliphatic carbocycles. The van der Waals surface area contributed by atoms with Gasteiger partial charge in [0.15, 0.2) is 5.78 Å². The number of aromatic nitrogens is 5. The summed E-state index contributed by atoms with van der Waals surface area (Å²) in [5.41, 5.74) is 14.1. The van der Waals surface area contributed by atoms with Gasteiger partial charge >= 0.3 is 0 Å². The Balaban J connectivity index is 1.27. The number of H-pyrrole nitrogens is 1. The van der Waals surface area contributed by atoms with Gasteiger partial charge in [-0.1, -0.05) is 18.2 Å². The van der Waals surface area contributed by atoms with E-state index in [9.17, 15) is 4.79 Å². The maximum atomic E-state index is 13.4. The smallest absolute Gasteiger partial charge is 0.194 e. The molecule has 0 spiro atoms. The lowest BCUT2D eigenvalue weighted by atomic mass is 10.00. The summed E-state index contributed by atoms with van der Waals surface area (Å²) in [6.07, 6.45) is 7.48. The van der Waals surface area contributed by atoms with E-state index in [-0.39, 0.29) is 5.78 Å². The number of nitrogens with one attached hydrogen (secondary N) is 1. The van der Waals surface area contributed by atoms with Crippen molar-refractivity contribution < 1.29 is 9.53 Å². The lowest BCUT2D eigenvalue weighted by Gasteiger charge is -2.07. The molecule has 3 aromatic heterocycles. The number of carbonyl (C=O) groups excluding carboxylic acids is 1. The summed E-state index contributed by atoms with van der Waals surface area (Å²) in [5.74, 6) is 1.73. The van der Waals surface area contributed by atoms with Gasteiger partial charge in [0, 0.05) is 23.8 Å². The van der Waals surface area contributed by atoms with E-state index >= 15 is 0 Å². The van der Waals surface area contributed by atoms with E-state index in [1.807, 2.05) is 49.4 Å². The van der Waals surface area contributed by atoms with Crippen molar-refractivity contribution in [3.63, 3.8) is 0 Å². The average Bonchev–Trinajstić information content (AvgIpc) is 3.58. The Morgan fingerprint density at radius 1 is 1.09 bits per heavy atom. The first kappa shape index (κ1) is 20.9. The third-order valence-corrected chi connectivity index (χ3v) is 6.31. The van der Waals surface area contributed by atoms with Crippen molar-refractivity contribution in [1.82, 2.24) is 24.7 Å². The second kappa shape index (κ2) is 7.95. The van der Waals surface area contributed by atoms with Gasteiger partial charge in [-0.05, 0) is 54.0 Å². The number of rotatable bonds is 5. The van der Waals surface area contributed by atoms with Crippen LogP contribution in [0.1, 0.15) is 27.3 Å². The monoisotopic (exact) mass is 462 g/mol. The van der Waals surface area contributed by atoms with Crippen LogP contribution in [0.3, 0.4) is 0 Å². The molecule has 0 fully saturated rings. The molecule has 3 heterocycles. The third kappa shape index (κ3) is 3.56. The highest BCUT2D eigenvalue weighted by atomic mass is 16.5. The maximum Gasteiger partial charge on any atom is 0.194 e. The number of benzene rings is 2. The summed E-state index contributed by atoms with van der Waals surface area (Å²) in [6.45, 7) is 1.91. The van der Waals surface area contributed by atoms with Crippen molar-refractivity contribution in [2.75, 3.05) is 12.8 Å². The largest absolute Gasteiger partial charge is 0.495 e. The Morgan fingerprint density at radius 2 is 1.97 bits per heavy atom. The molecule has 172 valence electrons. The molecular weight excluding hydrogens is 440 g/mol. The number of nitrogens with zero attached hydrogens (tertiary/aromatic N) is 4. The van der Waals surface area contributed by atoms with E-state index in [4.69, 9.17) is 10.5 Å². The number of ether oxygens (including phenoxy) is 1. The van der Waals surface area contributed by atoms with Gasteiger partial charge < -0.3 is 15.5 Å². The first-order chi connectivity index (χ1) is 17.0. The summed E-state index contributed by atoms with van der Waals surface area (Å²) in [6, 6.07) is 13.8. The second-order valence-corrected chi connectivity index (χ2v) is 8.58. The Morgan fingerprint density at radius 3 is 2.83 bits per heavy atom. The van der Waals surface area contributed by atoms with Gasteiger partial charge in [0.05, 0.1) is 41.8 Å². The molecule has 0 saturated heterocycles. The SMILES string of the molecule is COc1cncc(-c2ccc3c(c2)CC(C(=O)c2cnn(-c4ccc5nc(C)[nH]c5c4)c2N)=C3)c1. The van der Waals surface area contributed by atoms with Crippen molar-refractivity contribution >= 4 is 28.7 Å². The van der Waals surface area contributed by atoms with Crippen molar-refractivity contribution in [1.29, 1.82) is 0 Å². The minimum Gasteiger partial charge on any atom is -0.495 e. The summed E-state index contributed by atoms with van der Waals surface area (Å²) in [5, 5.41) is 4.40. The molecule has 6 rings (SSSR count). The number of nitrogens with two attached hydrogens (primary N) is 1. The molecule has 0 aliphatic heterocycles. The van der Waals surface area contributed by atoms with Crippen LogP contribution >= 0.6 is 0 Å². The number of anilines is 1. The van der Waals surface area contributed by atoms with Crippen LogP contribution in [0.2, 0.25) is 0 Å². The quantitative estimate of drug-likeness (QED) is 0.371. The number of carbonyl (C=O) groups is 1. The van der Waals surface area contributed by atoms with Gasteiger partial charge in [-0.15, -0.1) is 0 Å². The van der Waals surface area contributed by atoms with Gasteiger partial charge in [0.2, 0.25) is 0 Å². The number of pyridine rings is 1. The second-order valence-electron chi connectivity index (χ2n) is 8.58. The molecule has 3 N–H and O–H groups in total. The standard InChI is InChI=1S/C27H22N6O2/c1-15-31-24-6-5-21(11-25(24)32-15)33-27(28)23(14-30-33)26(34)19-8-16-3-4-17(7-18(16)9-19)20-10-22(35-2)13-29-12-20/h3-8,10-14H,9,28H2,1-2H3,(H,31,32). The van der Waals surface area contributed by atoms with E-state index in [1.165, 1.54) is 6.20 Å². The van der Waals surface area contributed by atoms with Crippen LogP contribution in [-0.2, 0) is 6.42 Å². The molecule has 0 saturated carbocycles. The molecule has 0 bridgehead atoms. The Kier molecular flexibility index (Phi) is 4.74. The molecule has 0 radical (unpaired) electrons. The predicted octanol–water partition coefficient (Wildman–Crippen LogP) is 4.53. The van der Waals surface area contributed by atoms with E-state index < -0.39 is 0 Å². The molecule has 8 nitrogen and oxygen atoms in total. The number of ketones is 1. The van der Waals surface area contributed by atoms with Crippen molar-refractivity contribution in [2.24, 2.45) is 0 Å². The molecule has 0 unspecified atom stereocenters. The first-order valence-electron chi connectivity index (χ1n) is 11.2. The van der Waals surface area contributed by atoms with E-state index in [1.54, 1.807) is 24.2 Å². The minimum absolute atomic E-state index is 0.118. The highest BCUT2D eigenvalue weighted by Gasteiger charge is 2.24. The van der Waals surface area contributed by atoms with Crippen molar-refractivity contribution in [3.05, 3.63) is 89.1 Å². The highest BCUT2D eigenvalue weighted by molar-refractivity contribution is 6.15. The van der Waals surface area contributed by atoms with Crippen LogP contribution in [0.15, 0.2) is 66.6 Å². The zero-order valence-electron chi connectivity index (χ0n) is 19.2. The van der Waals surface area contributed by atoms with Crippen molar-refractivity contribution in [3.8, 4) is 22.6 Å². The molecular formula is C27H22N6O2. The molecule has 5 aromatic rings. The summed E-state index contributed by atoms with van der Waals surface area (Å²) < 4.78 is 6.87. The van der Waals surface area contributed by atoms with Crippen molar-refractivity contribution in [2.45, 2.75) is 13.3 Å². The number of Topliss-reactive ketones (excluding diaryl/α,β-unsaturated/α-hetero) is 1. The van der Waals surface area contributed by atoms with Gasteiger partial charge in [-0.25, -0.2) is 9.67 Å². The fourth-order valence-electron chi connectivity index (χ4n) is 4.53. The van der Waals surface area contributed by atoms with Crippen LogP contribution < -0.4 is 10.5 Å². The number of fused-ring (bicyclic) bond motifs is 2. The topological polar surface area (TPSA) is 112 Å². The fraction of sp³-hybridized carbons (Fsp3) is 0.111. The Labute approximate surface area is 201 Å². The van der Waals surface area contributed by atoms with Gasteiger partial charge in [0.1, 0.15) is 17.4 Å². The average molecular weight is 463 g/mol. The number of methoxy groups -OCH3 is 1. The van der Waals surface area contributed by atoms with E-state index in [0.717, 1.165) is 44.8 Å². The number of nitrogen functional groups attached to an aromatic ring is 1. The lowest BCUT2D eigenvalue weighted by molar-refractivity contribution is 0.103. The number of aromatic amines is 1. The van der Waals surface area contributed by atoms with Gasteiger partial charge in [0.25, 0.3) is 0 Å². The van der Waals surface area contributed by atoms with Crippen LogP contribution in [0.5, 0.6) is 5.75 Å². The van der Waals surface area contributed by atoms with Crippen LogP contribution in [0.25, 0.3) is 33.9 Å². The summed E-state index contributed by atoms with van der Waals surface area (Å²) in [4.78, 5) is 25.3. The van der Waals surface area contributed by atoms with Crippen LogP contribution in [-0.4, -0.2) is 37.6 Å². The number of allylic oxidation sites excluding steroid dienone is 1. The Bertz CT molecular complexity index is 1660. The molecule has 8 heteroatoms. The zero-order chi connectivity index (χ0) is 24.1. The zero-order valence-corrected chi connectivity index (χ0v) is 19.2. The van der Waals surface area contributed by atoms with E-state index in [0.29, 0.717) is 29.1 Å². The number of hydrogen-bond donors (Lipinski definition) is 2. The summed E-state index contributed by atoms with van der Waals surface area (Å²) in [7, 11) is 1.62. The number of hydrogen-bond acceptors (Lipinski definition) is 6. The van der Waals surface area contributed by atoms with E-state index in [2.05, 4.69) is 26.1 Å². The number of imidazole rings is 1. The minimum atomic E-state index is -0.118. The predicted molar refractivity (Wildman–Crippen MR) is 135 cm³/mol. The van der Waals surface area contributed by atoms with Gasteiger partial charge in [-0.2, -0.15) is 5.10 Å². The third-order valence-electron chi connectivity index (χ3n) is 6.31. The lowest BCUT2D eigenvalue weighted by Crippen LogP contribution is -2.08. The maximum absolute atomic E-state index is 13.4. The normalized spacial score (nSPS) is 12.6. The number of aryl methyl sites for hydroxylation is 1. The molecule has 0 amide bonds. The van der Waals surface area contributed by atoms with Crippen LogP contribution in [0, 0.1) is 6.92 Å². The fourth-order valence-corrected chi connectivity index (χ4v) is 4.53. The molecule has 2 aromatic carbocycles. The first-order valence-corrected chi connectivity index (χ1v) is 11.2. The molecule has 35 heavy (non-hydrogen) atoms. The van der Waals surface area contributed by atoms with Crippen LogP contribution in [0.4, 0.5) is 5.82 Å².